The summed E-state index contributed by atoms with van der Waals surface area (Å²) < 4.78 is 13.8. The first-order valence-corrected chi connectivity index (χ1v) is 6.47. The standard InChI is InChI=1S/C14H21FN2/c1-3-17(12-8-9-16-11(2)10-12)14-7-5-4-6-13(14)15/h4-7,11-12,16H,3,8-10H2,1-2H3. The summed E-state index contributed by atoms with van der Waals surface area (Å²) in [5, 5.41) is 3.44. The van der Waals surface area contributed by atoms with Gasteiger partial charge in [-0.3, -0.25) is 0 Å². The SMILES string of the molecule is CCN(c1ccccc1F)C1CCNC(C)C1. The summed E-state index contributed by atoms with van der Waals surface area (Å²) in [5.41, 5.74) is 0.745. The molecule has 17 heavy (non-hydrogen) atoms. The Kier molecular flexibility index (Phi) is 4.00. The lowest BCUT2D eigenvalue weighted by molar-refractivity contribution is 0.363. The predicted octanol–water partition coefficient (Wildman–Crippen LogP) is 2.79. The summed E-state index contributed by atoms with van der Waals surface area (Å²) in [6, 6.07) is 8.06. The molecule has 1 aliphatic heterocycles. The van der Waals surface area contributed by atoms with E-state index in [4.69, 9.17) is 0 Å². The molecule has 94 valence electrons. The summed E-state index contributed by atoms with van der Waals surface area (Å²) in [4.78, 5) is 2.20. The van der Waals surface area contributed by atoms with Crippen molar-refractivity contribution in [2.24, 2.45) is 0 Å². The maximum atomic E-state index is 13.8. The lowest BCUT2D eigenvalue weighted by Gasteiger charge is -2.38. The van der Waals surface area contributed by atoms with E-state index in [0.29, 0.717) is 12.1 Å². The lowest BCUT2D eigenvalue weighted by Crippen LogP contribution is -2.47. The van der Waals surface area contributed by atoms with Crippen molar-refractivity contribution in [2.45, 2.75) is 38.8 Å². The quantitative estimate of drug-likeness (QED) is 0.868. The van der Waals surface area contributed by atoms with Gasteiger partial charge in [0.25, 0.3) is 0 Å². The topological polar surface area (TPSA) is 15.3 Å². The van der Waals surface area contributed by atoms with Crippen LogP contribution in [0.2, 0.25) is 0 Å². The Labute approximate surface area is 103 Å². The number of nitrogens with zero attached hydrogens (tertiary/aromatic N) is 1. The van der Waals surface area contributed by atoms with Gasteiger partial charge in [0.2, 0.25) is 0 Å². The van der Waals surface area contributed by atoms with E-state index in [1.54, 1.807) is 12.1 Å². The molecule has 0 bridgehead atoms. The molecule has 2 rings (SSSR count). The van der Waals surface area contributed by atoms with Crippen molar-refractivity contribution in [2.75, 3.05) is 18.0 Å². The van der Waals surface area contributed by atoms with Crippen molar-refractivity contribution in [3.63, 3.8) is 0 Å². The van der Waals surface area contributed by atoms with Crippen LogP contribution in [0.4, 0.5) is 10.1 Å². The smallest absolute Gasteiger partial charge is 0.146 e. The zero-order valence-electron chi connectivity index (χ0n) is 10.6. The number of hydrogen-bond donors (Lipinski definition) is 1. The van der Waals surface area contributed by atoms with E-state index in [-0.39, 0.29) is 5.82 Å². The molecule has 2 atom stereocenters. The van der Waals surface area contributed by atoms with Crippen LogP contribution in [0.5, 0.6) is 0 Å². The molecule has 0 aliphatic carbocycles. The summed E-state index contributed by atoms with van der Waals surface area (Å²) in [5.74, 6) is -0.111. The highest BCUT2D eigenvalue weighted by Gasteiger charge is 2.24. The van der Waals surface area contributed by atoms with E-state index in [1.165, 1.54) is 0 Å². The average Bonchev–Trinajstić information content (AvgIpc) is 2.33. The zero-order chi connectivity index (χ0) is 12.3. The third-order valence-electron chi connectivity index (χ3n) is 3.54. The van der Waals surface area contributed by atoms with Gasteiger partial charge in [0.1, 0.15) is 5.82 Å². The van der Waals surface area contributed by atoms with Crippen molar-refractivity contribution in [1.29, 1.82) is 0 Å². The van der Waals surface area contributed by atoms with Gasteiger partial charge in [-0.05, 0) is 45.4 Å². The van der Waals surface area contributed by atoms with Gasteiger partial charge in [-0.2, -0.15) is 0 Å². The number of para-hydroxylation sites is 1. The van der Waals surface area contributed by atoms with Gasteiger partial charge in [0, 0.05) is 18.6 Å². The Morgan fingerprint density at radius 2 is 2.18 bits per heavy atom. The number of nitrogens with one attached hydrogen (secondary N) is 1. The molecule has 0 amide bonds. The van der Waals surface area contributed by atoms with Crippen LogP contribution in [0.25, 0.3) is 0 Å². The molecule has 2 nitrogen and oxygen atoms in total. The maximum Gasteiger partial charge on any atom is 0.146 e. The number of benzene rings is 1. The molecule has 0 saturated carbocycles. The van der Waals surface area contributed by atoms with Crippen LogP contribution in [-0.2, 0) is 0 Å². The van der Waals surface area contributed by atoms with E-state index in [9.17, 15) is 4.39 Å². The van der Waals surface area contributed by atoms with E-state index in [0.717, 1.165) is 31.6 Å². The Balaban J connectivity index is 2.18. The molecule has 0 radical (unpaired) electrons. The van der Waals surface area contributed by atoms with Crippen LogP contribution >= 0.6 is 0 Å². The van der Waals surface area contributed by atoms with Crippen LogP contribution in [-0.4, -0.2) is 25.2 Å². The van der Waals surface area contributed by atoms with Gasteiger partial charge in [-0.25, -0.2) is 4.39 Å². The number of piperidine rings is 1. The molecule has 3 heteroatoms. The third kappa shape index (κ3) is 2.78. The van der Waals surface area contributed by atoms with Crippen LogP contribution in [0.1, 0.15) is 26.7 Å². The van der Waals surface area contributed by atoms with Gasteiger partial charge < -0.3 is 10.2 Å². The Hall–Kier alpha value is -1.09. The first kappa shape index (κ1) is 12.4. The molecule has 1 aromatic rings. The highest BCUT2D eigenvalue weighted by atomic mass is 19.1. The molecule has 1 saturated heterocycles. The van der Waals surface area contributed by atoms with Crippen molar-refractivity contribution in [3.8, 4) is 0 Å². The molecule has 2 unspecified atom stereocenters. The van der Waals surface area contributed by atoms with Crippen LogP contribution in [0.15, 0.2) is 24.3 Å². The van der Waals surface area contributed by atoms with Gasteiger partial charge in [-0.15, -0.1) is 0 Å². The highest BCUT2D eigenvalue weighted by Crippen LogP contribution is 2.25. The second-order valence-corrected chi connectivity index (χ2v) is 4.77. The van der Waals surface area contributed by atoms with E-state index in [1.807, 2.05) is 12.1 Å². The fraction of sp³-hybridized carbons (Fsp3) is 0.571. The average molecular weight is 236 g/mol. The highest BCUT2D eigenvalue weighted by molar-refractivity contribution is 5.48. The normalized spacial score (nSPS) is 24.6. The summed E-state index contributed by atoms with van der Waals surface area (Å²) >= 11 is 0. The molecule has 0 aromatic heterocycles. The second kappa shape index (κ2) is 5.50. The van der Waals surface area contributed by atoms with Crippen molar-refractivity contribution in [1.82, 2.24) is 5.32 Å². The molecule has 1 aromatic carbocycles. The van der Waals surface area contributed by atoms with Gasteiger partial charge in [0.05, 0.1) is 5.69 Å². The van der Waals surface area contributed by atoms with Crippen molar-refractivity contribution in [3.05, 3.63) is 30.1 Å². The van der Waals surface area contributed by atoms with E-state index in [2.05, 4.69) is 24.1 Å². The Morgan fingerprint density at radius 1 is 1.41 bits per heavy atom. The number of halogens is 1. The summed E-state index contributed by atoms with van der Waals surface area (Å²) in [6.45, 7) is 6.18. The van der Waals surface area contributed by atoms with Crippen LogP contribution < -0.4 is 10.2 Å². The number of anilines is 1. The minimum absolute atomic E-state index is 0.111. The maximum absolute atomic E-state index is 13.8. The Morgan fingerprint density at radius 3 is 2.82 bits per heavy atom. The minimum Gasteiger partial charge on any atom is -0.366 e. The fourth-order valence-electron chi connectivity index (χ4n) is 2.70. The Bertz CT molecular complexity index is 367. The molecule has 1 fully saturated rings. The second-order valence-electron chi connectivity index (χ2n) is 4.77. The monoisotopic (exact) mass is 236 g/mol. The van der Waals surface area contributed by atoms with Crippen LogP contribution in [0, 0.1) is 5.82 Å². The van der Waals surface area contributed by atoms with E-state index >= 15 is 0 Å². The first-order valence-electron chi connectivity index (χ1n) is 6.47. The third-order valence-corrected chi connectivity index (χ3v) is 3.54. The summed E-state index contributed by atoms with van der Waals surface area (Å²) in [7, 11) is 0. The molecule has 1 heterocycles. The zero-order valence-corrected chi connectivity index (χ0v) is 10.6. The minimum atomic E-state index is -0.111. The van der Waals surface area contributed by atoms with Crippen molar-refractivity contribution < 1.29 is 4.39 Å². The predicted molar refractivity (Wildman–Crippen MR) is 69.9 cm³/mol. The molecular weight excluding hydrogens is 215 g/mol. The molecule has 1 aliphatic rings. The molecular formula is C14H21FN2. The van der Waals surface area contributed by atoms with Gasteiger partial charge in [-0.1, -0.05) is 12.1 Å². The van der Waals surface area contributed by atoms with Gasteiger partial charge >= 0.3 is 0 Å². The molecule has 0 spiro atoms. The largest absolute Gasteiger partial charge is 0.366 e. The van der Waals surface area contributed by atoms with Crippen molar-refractivity contribution >= 4 is 5.69 Å². The summed E-state index contributed by atoms with van der Waals surface area (Å²) in [6.07, 6.45) is 2.18. The molecule has 1 N–H and O–H groups in total. The fourth-order valence-corrected chi connectivity index (χ4v) is 2.70. The van der Waals surface area contributed by atoms with E-state index < -0.39 is 0 Å². The number of hydrogen-bond acceptors (Lipinski definition) is 2. The van der Waals surface area contributed by atoms with Crippen LogP contribution in [0.3, 0.4) is 0 Å². The lowest BCUT2D eigenvalue weighted by atomic mass is 9.98. The van der Waals surface area contributed by atoms with Gasteiger partial charge in [0.15, 0.2) is 0 Å². The number of rotatable bonds is 3. The first-order chi connectivity index (χ1) is 8.22.